The van der Waals surface area contributed by atoms with Crippen molar-refractivity contribution in [3.05, 3.63) is 95.2 Å². The van der Waals surface area contributed by atoms with Crippen LogP contribution in [0.3, 0.4) is 0 Å². The number of nitrogens with zero attached hydrogens (tertiary/aromatic N) is 3. The summed E-state index contributed by atoms with van der Waals surface area (Å²) in [5.41, 5.74) is 4.42. The van der Waals surface area contributed by atoms with Gasteiger partial charge < -0.3 is 22.6 Å². The van der Waals surface area contributed by atoms with E-state index in [9.17, 15) is 10.1 Å². The first kappa shape index (κ1) is 22.7. The number of methoxy groups -OCH3 is 1. The number of benzene rings is 1. The van der Waals surface area contributed by atoms with Crippen molar-refractivity contribution in [2.24, 2.45) is 4.99 Å². The average Bonchev–Trinajstić information content (AvgIpc) is 3.69. The van der Waals surface area contributed by atoms with Gasteiger partial charge in [0.1, 0.15) is 17.4 Å². The Morgan fingerprint density at radius 1 is 1.06 bits per heavy atom. The van der Waals surface area contributed by atoms with Crippen LogP contribution in [-0.2, 0) is 4.74 Å². The second-order valence-corrected chi connectivity index (χ2v) is 7.98. The summed E-state index contributed by atoms with van der Waals surface area (Å²) in [5, 5.41) is 9.96. The van der Waals surface area contributed by atoms with Crippen LogP contribution in [0.4, 0.5) is 5.88 Å². The van der Waals surface area contributed by atoms with E-state index in [1.54, 1.807) is 42.6 Å². The van der Waals surface area contributed by atoms with E-state index in [4.69, 9.17) is 18.0 Å². The molecule has 4 heterocycles. The van der Waals surface area contributed by atoms with Gasteiger partial charge in [-0.05, 0) is 56.3 Å². The first-order valence-corrected chi connectivity index (χ1v) is 11.1. The number of nitriles is 1. The first-order valence-electron chi connectivity index (χ1n) is 11.1. The molecule has 1 aromatic carbocycles. The van der Waals surface area contributed by atoms with Crippen LogP contribution < -0.4 is 0 Å². The summed E-state index contributed by atoms with van der Waals surface area (Å²) in [4.78, 5) is 16.9. The van der Waals surface area contributed by atoms with Crippen LogP contribution >= 0.6 is 0 Å². The van der Waals surface area contributed by atoms with Crippen molar-refractivity contribution in [3.8, 4) is 34.6 Å². The molecule has 0 atom stereocenters. The van der Waals surface area contributed by atoms with Crippen LogP contribution in [0.5, 0.6) is 0 Å². The molecular weight excluding hydrogens is 458 g/mol. The normalized spacial score (nSPS) is 11.2. The van der Waals surface area contributed by atoms with Crippen molar-refractivity contribution in [3.63, 3.8) is 0 Å². The minimum atomic E-state index is -0.418. The minimum absolute atomic E-state index is 0.134. The van der Waals surface area contributed by atoms with E-state index in [0.717, 1.165) is 17.0 Å². The third-order valence-corrected chi connectivity index (χ3v) is 5.86. The number of carbonyl (C=O) groups excluding carboxylic acids is 1. The molecule has 0 aliphatic heterocycles. The van der Waals surface area contributed by atoms with Gasteiger partial charge in [0.05, 0.1) is 36.5 Å². The summed E-state index contributed by atoms with van der Waals surface area (Å²) in [6, 6.07) is 18.3. The number of furan rings is 3. The molecular formula is C28H21N3O5. The third-order valence-electron chi connectivity index (χ3n) is 5.86. The number of esters is 1. The molecule has 8 nitrogen and oxygen atoms in total. The Morgan fingerprint density at radius 3 is 2.44 bits per heavy atom. The summed E-state index contributed by atoms with van der Waals surface area (Å²) in [6.45, 7) is 3.87. The van der Waals surface area contributed by atoms with Crippen molar-refractivity contribution in [1.82, 2.24) is 4.57 Å². The lowest BCUT2D eigenvalue weighted by Crippen LogP contribution is -2.09. The van der Waals surface area contributed by atoms with Gasteiger partial charge in [0, 0.05) is 23.2 Å². The SMILES string of the molecule is COC(=O)c1ccccc1-n1c(C)cc(C=Nc2oc(-c3ccco3)c(-c3ccco3)c2C#N)c1C. The van der Waals surface area contributed by atoms with Gasteiger partial charge in [-0.2, -0.15) is 5.26 Å². The first-order chi connectivity index (χ1) is 17.5. The van der Waals surface area contributed by atoms with Gasteiger partial charge >= 0.3 is 5.97 Å². The zero-order chi connectivity index (χ0) is 25.2. The van der Waals surface area contributed by atoms with Gasteiger partial charge in [0.25, 0.3) is 0 Å². The predicted molar refractivity (Wildman–Crippen MR) is 133 cm³/mol. The number of carbonyl (C=O) groups is 1. The van der Waals surface area contributed by atoms with E-state index in [1.165, 1.54) is 19.6 Å². The predicted octanol–water partition coefficient (Wildman–Crippen LogP) is 6.62. The van der Waals surface area contributed by atoms with E-state index in [2.05, 4.69) is 11.1 Å². The van der Waals surface area contributed by atoms with Crippen LogP contribution in [0.15, 0.2) is 85.4 Å². The lowest BCUT2D eigenvalue weighted by molar-refractivity contribution is 0.0600. The van der Waals surface area contributed by atoms with Crippen molar-refractivity contribution >= 4 is 18.1 Å². The standard InChI is InChI=1S/C28H21N3O5/c1-17-14-19(18(2)31(17)22-9-5-4-8-20(22)28(32)33-3)16-30-27-21(15-29)25(23-10-6-12-34-23)26(36-27)24-11-7-13-35-24/h4-14,16H,1-3H3. The van der Waals surface area contributed by atoms with Crippen LogP contribution in [0.1, 0.15) is 32.9 Å². The van der Waals surface area contributed by atoms with E-state index >= 15 is 0 Å². The Balaban J connectivity index is 1.60. The molecule has 0 fully saturated rings. The van der Waals surface area contributed by atoms with Crippen LogP contribution in [0, 0.1) is 25.2 Å². The molecule has 8 heteroatoms. The molecule has 4 aromatic heterocycles. The van der Waals surface area contributed by atoms with Gasteiger partial charge in [-0.1, -0.05) is 12.1 Å². The fourth-order valence-electron chi connectivity index (χ4n) is 4.22. The molecule has 36 heavy (non-hydrogen) atoms. The van der Waals surface area contributed by atoms with Crippen molar-refractivity contribution in [2.75, 3.05) is 7.11 Å². The number of para-hydroxylation sites is 1. The van der Waals surface area contributed by atoms with Crippen molar-refractivity contribution in [1.29, 1.82) is 5.26 Å². The molecule has 5 aromatic rings. The van der Waals surface area contributed by atoms with Crippen LogP contribution in [0.2, 0.25) is 0 Å². The van der Waals surface area contributed by atoms with Crippen LogP contribution in [-0.4, -0.2) is 23.9 Å². The smallest absolute Gasteiger partial charge is 0.339 e. The Hall–Kier alpha value is -5.03. The maximum Gasteiger partial charge on any atom is 0.339 e. The highest BCUT2D eigenvalue weighted by Gasteiger charge is 2.26. The maximum absolute atomic E-state index is 12.3. The molecule has 5 rings (SSSR count). The lowest BCUT2D eigenvalue weighted by Gasteiger charge is -2.13. The molecule has 0 spiro atoms. The largest absolute Gasteiger partial charge is 0.465 e. The van der Waals surface area contributed by atoms with Crippen LogP contribution in [0.25, 0.3) is 28.5 Å². The van der Waals surface area contributed by atoms with Gasteiger partial charge in [0.2, 0.25) is 5.88 Å². The van der Waals surface area contributed by atoms with Gasteiger partial charge in [-0.15, -0.1) is 0 Å². The maximum atomic E-state index is 12.3. The van der Waals surface area contributed by atoms with Gasteiger partial charge in [-0.3, -0.25) is 0 Å². The molecule has 0 N–H and O–H groups in total. The second kappa shape index (κ2) is 9.31. The van der Waals surface area contributed by atoms with E-state index < -0.39 is 5.97 Å². The fourth-order valence-corrected chi connectivity index (χ4v) is 4.22. The average molecular weight is 479 g/mol. The molecule has 178 valence electrons. The minimum Gasteiger partial charge on any atom is -0.465 e. The van der Waals surface area contributed by atoms with E-state index in [0.29, 0.717) is 34.1 Å². The highest BCUT2D eigenvalue weighted by Crippen LogP contribution is 2.42. The van der Waals surface area contributed by atoms with Crippen molar-refractivity contribution in [2.45, 2.75) is 13.8 Å². The number of aromatic nitrogens is 1. The topological polar surface area (TPSA) is 107 Å². The molecule has 0 aliphatic rings. The molecule has 0 amide bonds. The van der Waals surface area contributed by atoms with Gasteiger partial charge in [-0.25, -0.2) is 9.79 Å². The summed E-state index contributed by atoms with van der Waals surface area (Å²) in [7, 11) is 1.36. The second-order valence-electron chi connectivity index (χ2n) is 7.98. The molecule has 0 saturated heterocycles. The monoisotopic (exact) mass is 479 g/mol. The number of aliphatic imine (C=N–C) groups is 1. The Labute approximate surface area is 206 Å². The summed E-state index contributed by atoms with van der Waals surface area (Å²) < 4.78 is 24.0. The van der Waals surface area contributed by atoms with Crippen molar-refractivity contribution < 1.29 is 22.8 Å². The summed E-state index contributed by atoms with van der Waals surface area (Å²) >= 11 is 0. The van der Waals surface area contributed by atoms with E-state index in [-0.39, 0.29) is 11.4 Å². The Morgan fingerprint density at radius 2 is 1.78 bits per heavy atom. The number of rotatable bonds is 6. The quantitative estimate of drug-likeness (QED) is 0.200. The highest BCUT2D eigenvalue weighted by molar-refractivity contribution is 5.94. The zero-order valence-corrected chi connectivity index (χ0v) is 19.8. The summed E-state index contributed by atoms with van der Waals surface area (Å²) in [6.07, 6.45) is 4.69. The molecule has 0 unspecified atom stereocenters. The number of aryl methyl sites for hydroxylation is 1. The number of hydrogen-bond donors (Lipinski definition) is 0. The Kier molecular flexibility index (Phi) is 5.88. The molecule has 0 aliphatic carbocycles. The lowest BCUT2D eigenvalue weighted by atomic mass is 10.1. The fraction of sp³-hybridized carbons (Fsp3) is 0.107. The number of ether oxygens (including phenoxy) is 1. The molecule has 0 saturated carbocycles. The number of hydrogen-bond acceptors (Lipinski definition) is 7. The zero-order valence-electron chi connectivity index (χ0n) is 19.8. The molecule has 0 radical (unpaired) electrons. The highest BCUT2D eigenvalue weighted by atomic mass is 16.5. The van der Waals surface area contributed by atoms with E-state index in [1.807, 2.05) is 36.6 Å². The van der Waals surface area contributed by atoms with Gasteiger partial charge in [0.15, 0.2) is 11.5 Å². The Bertz CT molecular complexity index is 1610. The molecule has 0 bridgehead atoms. The summed E-state index contributed by atoms with van der Waals surface area (Å²) in [5.74, 6) is 1.00. The third kappa shape index (κ3) is 3.83.